The first-order chi connectivity index (χ1) is 11.1. The Morgan fingerprint density at radius 3 is 2.61 bits per heavy atom. The van der Waals surface area contributed by atoms with Gasteiger partial charge in [0.25, 0.3) is 0 Å². The number of anilines is 1. The number of rotatable bonds is 7. The van der Waals surface area contributed by atoms with Crippen LogP contribution in [0, 0.1) is 5.82 Å². The summed E-state index contributed by atoms with van der Waals surface area (Å²) in [4.78, 5) is 7.48. The average molecular weight is 321 g/mol. The summed E-state index contributed by atoms with van der Waals surface area (Å²) >= 11 is 0. The lowest BCUT2D eigenvalue weighted by Gasteiger charge is -2.15. The van der Waals surface area contributed by atoms with Gasteiger partial charge in [0.15, 0.2) is 23.1 Å². The van der Waals surface area contributed by atoms with Crippen LogP contribution in [-0.2, 0) is 13.0 Å². The summed E-state index contributed by atoms with van der Waals surface area (Å²) in [5.74, 6) is 0.444. The van der Waals surface area contributed by atoms with Crippen LogP contribution < -0.4 is 19.9 Å². The molecule has 1 aromatic heterocycles. The van der Waals surface area contributed by atoms with E-state index in [2.05, 4.69) is 16.9 Å². The van der Waals surface area contributed by atoms with Crippen LogP contribution in [0.5, 0.6) is 17.5 Å². The van der Waals surface area contributed by atoms with Gasteiger partial charge in [-0.25, -0.2) is 9.37 Å². The molecule has 1 heterocycles. The predicted octanol–water partition coefficient (Wildman–Crippen LogP) is 2.75. The molecule has 0 amide bonds. The van der Waals surface area contributed by atoms with E-state index in [-0.39, 0.29) is 18.4 Å². The Balaban J connectivity index is 2.21. The summed E-state index contributed by atoms with van der Waals surface area (Å²) < 4.78 is 29.3. The van der Waals surface area contributed by atoms with Crippen molar-refractivity contribution in [1.29, 1.82) is 0 Å². The Morgan fingerprint density at radius 1 is 1.22 bits per heavy atom. The van der Waals surface area contributed by atoms with E-state index in [1.54, 1.807) is 14.2 Å². The van der Waals surface area contributed by atoms with E-state index in [1.807, 2.05) is 12.1 Å². The van der Waals surface area contributed by atoms with Gasteiger partial charge in [-0.3, -0.25) is 0 Å². The molecule has 124 valence electrons. The molecule has 0 unspecified atom stereocenters. The van der Waals surface area contributed by atoms with E-state index in [0.29, 0.717) is 5.75 Å². The summed E-state index contributed by atoms with van der Waals surface area (Å²) in [7, 11) is 3.20. The van der Waals surface area contributed by atoms with Crippen LogP contribution >= 0.6 is 0 Å². The van der Waals surface area contributed by atoms with Crippen molar-refractivity contribution in [3.63, 3.8) is 0 Å². The van der Waals surface area contributed by atoms with Crippen molar-refractivity contribution in [2.75, 3.05) is 20.0 Å². The van der Waals surface area contributed by atoms with Crippen molar-refractivity contribution < 1.29 is 18.6 Å². The van der Waals surface area contributed by atoms with Crippen LogP contribution in [0.25, 0.3) is 0 Å². The van der Waals surface area contributed by atoms with Crippen LogP contribution in [0.2, 0.25) is 0 Å². The third-order valence-corrected chi connectivity index (χ3v) is 3.25. The van der Waals surface area contributed by atoms with Gasteiger partial charge in [0.2, 0.25) is 0 Å². The molecule has 2 rings (SSSR count). The highest BCUT2D eigenvalue weighted by Gasteiger charge is 2.13. The maximum Gasteiger partial charge on any atom is 0.318 e. The highest BCUT2D eigenvalue weighted by atomic mass is 19.1. The van der Waals surface area contributed by atoms with Crippen molar-refractivity contribution in [3.05, 3.63) is 35.3 Å². The molecular weight excluding hydrogens is 301 g/mol. The third-order valence-electron chi connectivity index (χ3n) is 3.25. The normalized spacial score (nSPS) is 10.4. The fourth-order valence-corrected chi connectivity index (χ4v) is 2.23. The largest absolute Gasteiger partial charge is 0.493 e. The second-order valence-corrected chi connectivity index (χ2v) is 4.91. The summed E-state index contributed by atoms with van der Waals surface area (Å²) in [6.45, 7) is 2.30. The smallest absolute Gasteiger partial charge is 0.318 e. The molecule has 6 nitrogen and oxygen atoms in total. The first-order valence-electron chi connectivity index (χ1n) is 7.23. The average Bonchev–Trinajstić information content (AvgIpc) is 2.55. The number of aryl methyl sites for hydroxylation is 1. The molecule has 0 aliphatic rings. The minimum absolute atomic E-state index is 0.0238. The van der Waals surface area contributed by atoms with Gasteiger partial charge < -0.3 is 19.9 Å². The minimum atomic E-state index is -0.673. The topological polar surface area (TPSA) is 79.5 Å². The van der Waals surface area contributed by atoms with Crippen LogP contribution in [-0.4, -0.2) is 24.2 Å². The van der Waals surface area contributed by atoms with Crippen LogP contribution in [0.3, 0.4) is 0 Å². The van der Waals surface area contributed by atoms with Gasteiger partial charge in [0.1, 0.15) is 6.61 Å². The van der Waals surface area contributed by atoms with E-state index in [9.17, 15) is 4.39 Å². The molecule has 0 fully saturated rings. The number of benzene rings is 1. The molecule has 0 aliphatic heterocycles. The van der Waals surface area contributed by atoms with Crippen molar-refractivity contribution in [1.82, 2.24) is 9.97 Å². The maximum absolute atomic E-state index is 13.0. The molecule has 0 spiro atoms. The summed E-state index contributed by atoms with van der Waals surface area (Å²) in [5, 5.41) is 0. The second-order valence-electron chi connectivity index (χ2n) is 4.91. The number of methoxy groups -OCH3 is 2. The van der Waals surface area contributed by atoms with Crippen molar-refractivity contribution >= 4 is 5.82 Å². The van der Waals surface area contributed by atoms with E-state index >= 15 is 0 Å². The Kier molecular flexibility index (Phi) is 5.56. The summed E-state index contributed by atoms with van der Waals surface area (Å²) in [5.41, 5.74) is 7.30. The lowest BCUT2D eigenvalue weighted by Crippen LogP contribution is -2.05. The van der Waals surface area contributed by atoms with Gasteiger partial charge in [-0.15, -0.1) is 0 Å². The summed E-state index contributed by atoms with van der Waals surface area (Å²) in [6, 6.07) is 3.83. The van der Waals surface area contributed by atoms with E-state index in [4.69, 9.17) is 19.9 Å². The number of nitrogen functional groups attached to an aromatic ring is 1. The molecule has 23 heavy (non-hydrogen) atoms. The van der Waals surface area contributed by atoms with E-state index in [1.165, 1.54) is 0 Å². The van der Waals surface area contributed by atoms with E-state index < -0.39 is 5.82 Å². The van der Waals surface area contributed by atoms with Gasteiger partial charge >= 0.3 is 6.01 Å². The number of ether oxygens (including phenoxy) is 3. The zero-order valence-electron chi connectivity index (χ0n) is 13.4. The molecule has 0 atom stereocenters. The Hall–Kier alpha value is -2.57. The molecule has 7 heteroatoms. The molecule has 0 aliphatic carbocycles. The molecule has 1 aromatic carbocycles. The van der Waals surface area contributed by atoms with Crippen LogP contribution in [0.15, 0.2) is 18.3 Å². The first kappa shape index (κ1) is 16.8. The lowest BCUT2D eigenvalue weighted by atomic mass is 10.0. The Bertz CT molecular complexity index is 680. The monoisotopic (exact) mass is 321 g/mol. The van der Waals surface area contributed by atoms with Gasteiger partial charge in [-0.2, -0.15) is 4.98 Å². The minimum Gasteiger partial charge on any atom is -0.493 e. The molecule has 0 saturated carbocycles. The fraction of sp³-hybridized carbons (Fsp3) is 0.375. The van der Waals surface area contributed by atoms with Crippen LogP contribution in [0.4, 0.5) is 10.2 Å². The summed E-state index contributed by atoms with van der Waals surface area (Å²) in [6.07, 6.45) is 2.81. The number of hydrogen-bond acceptors (Lipinski definition) is 6. The van der Waals surface area contributed by atoms with E-state index in [0.717, 1.165) is 35.9 Å². The molecule has 0 bridgehead atoms. The highest BCUT2D eigenvalue weighted by molar-refractivity contribution is 5.49. The van der Waals surface area contributed by atoms with Crippen molar-refractivity contribution in [3.8, 4) is 17.5 Å². The fourth-order valence-electron chi connectivity index (χ4n) is 2.23. The highest BCUT2D eigenvalue weighted by Crippen LogP contribution is 2.33. The number of nitrogens with zero attached hydrogens (tertiary/aromatic N) is 2. The molecule has 2 N–H and O–H groups in total. The molecule has 2 aromatic rings. The Morgan fingerprint density at radius 2 is 2.00 bits per heavy atom. The van der Waals surface area contributed by atoms with Gasteiger partial charge in [0.05, 0.1) is 20.4 Å². The zero-order valence-corrected chi connectivity index (χ0v) is 13.4. The Labute approximate surface area is 134 Å². The quantitative estimate of drug-likeness (QED) is 0.844. The van der Waals surface area contributed by atoms with Crippen LogP contribution in [0.1, 0.15) is 24.5 Å². The number of aromatic nitrogens is 2. The second kappa shape index (κ2) is 7.62. The van der Waals surface area contributed by atoms with Gasteiger partial charge in [-0.1, -0.05) is 13.3 Å². The van der Waals surface area contributed by atoms with Crippen molar-refractivity contribution in [2.45, 2.75) is 26.4 Å². The molecular formula is C16H20FN3O3. The number of hydrogen-bond donors (Lipinski definition) is 1. The predicted molar refractivity (Wildman–Crippen MR) is 84.3 cm³/mol. The molecule has 0 saturated heterocycles. The number of nitrogens with two attached hydrogens (primary N) is 1. The SMILES string of the molecule is CCCc1cc(COc2ncc(F)c(N)n2)cc(OC)c1OC. The maximum atomic E-state index is 13.0. The van der Waals surface area contributed by atoms with Crippen molar-refractivity contribution in [2.24, 2.45) is 0 Å². The number of halogens is 1. The van der Waals surface area contributed by atoms with Gasteiger partial charge in [-0.05, 0) is 29.7 Å². The first-order valence-corrected chi connectivity index (χ1v) is 7.23. The van der Waals surface area contributed by atoms with Gasteiger partial charge in [0, 0.05) is 0 Å². The zero-order chi connectivity index (χ0) is 16.8. The third kappa shape index (κ3) is 4.00. The lowest BCUT2D eigenvalue weighted by molar-refractivity contribution is 0.278. The molecule has 0 radical (unpaired) electrons. The standard InChI is InChI=1S/C16H20FN3O3/c1-4-5-11-6-10(7-13(21-2)14(11)22-3)9-23-16-19-8-12(17)15(18)20-16/h6-8H,4-5,9H2,1-3H3,(H2,18,19,20).